The van der Waals surface area contributed by atoms with Gasteiger partial charge in [0.25, 0.3) is 0 Å². The maximum absolute atomic E-state index is 11.2. The van der Waals surface area contributed by atoms with Gasteiger partial charge in [-0.05, 0) is 0 Å². The van der Waals surface area contributed by atoms with Crippen LogP contribution in [0.2, 0.25) is 0 Å². The Bertz CT molecular complexity index is 264. The highest BCUT2D eigenvalue weighted by atomic mass is 16.6. The molecule has 0 aliphatic heterocycles. The summed E-state index contributed by atoms with van der Waals surface area (Å²) in [7, 11) is 2.26. The molecule has 0 saturated carbocycles. The van der Waals surface area contributed by atoms with Crippen LogP contribution < -0.4 is 0 Å². The molecule has 0 bridgehead atoms. The molecule has 0 unspecified atom stereocenters. The van der Waals surface area contributed by atoms with E-state index in [4.69, 9.17) is 0 Å². The predicted molar refractivity (Wildman–Crippen MR) is 48.6 cm³/mol. The van der Waals surface area contributed by atoms with Crippen LogP contribution in [0.15, 0.2) is 0 Å². The minimum absolute atomic E-state index is 0.356. The largest absolute Gasteiger partial charge is 0.469 e. The van der Waals surface area contributed by atoms with Gasteiger partial charge in [0.2, 0.25) is 6.04 Å². The van der Waals surface area contributed by atoms with Crippen molar-refractivity contribution in [1.82, 2.24) is 0 Å². The van der Waals surface area contributed by atoms with Crippen molar-refractivity contribution in [3.8, 4) is 0 Å². The number of esters is 2. The highest BCUT2D eigenvalue weighted by molar-refractivity contribution is 5.80. The quantitative estimate of drug-likeness (QED) is 0.367. The van der Waals surface area contributed by atoms with E-state index in [1.54, 1.807) is 0 Å². The number of ether oxygens (including phenoxy) is 2. The SMILES string of the molecule is COC(=O)C[C@H](C(=O)OC)[C@@H](C)[N+](=O)[O-]. The standard InChI is InChI=1S/C8H13NO6/c1-5(9(12)13)6(8(11)15-3)4-7(10)14-2/h5-6H,4H2,1-3H3/t5-,6+/m1/s1. The molecule has 0 saturated heterocycles. The van der Waals surface area contributed by atoms with Crippen molar-refractivity contribution >= 4 is 11.9 Å². The van der Waals surface area contributed by atoms with Crippen LogP contribution in [0.4, 0.5) is 0 Å². The Morgan fingerprint density at radius 2 is 1.87 bits per heavy atom. The third-order valence-electron chi connectivity index (χ3n) is 2.03. The van der Waals surface area contributed by atoms with Gasteiger partial charge in [0.15, 0.2) is 0 Å². The summed E-state index contributed by atoms with van der Waals surface area (Å²) in [5, 5.41) is 10.5. The molecule has 0 fully saturated rings. The zero-order valence-corrected chi connectivity index (χ0v) is 8.76. The Balaban J connectivity index is 4.65. The van der Waals surface area contributed by atoms with Crippen molar-refractivity contribution in [2.45, 2.75) is 19.4 Å². The summed E-state index contributed by atoms with van der Waals surface area (Å²) in [6.07, 6.45) is -0.356. The molecule has 7 heteroatoms. The summed E-state index contributed by atoms with van der Waals surface area (Å²) in [6, 6.07) is -1.18. The van der Waals surface area contributed by atoms with Gasteiger partial charge in [-0.3, -0.25) is 19.7 Å². The van der Waals surface area contributed by atoms with Crippen LogP contribution in [0.25, 0.3) is 0 Å². The Morgan fingerprint density at radius 1 is 1.33 bits per heavy atom. The van der Waals surface area contributed by atoms with Gasteiger partial charge in [-0.1, -0.05) is 0 Å². The molecular weight excluding hydrogens is 206 g/mol. The van der Waals surface area contributed by atoms with Crippen molar-refractivity contribution in [3.63, 3.8) is 0 Å². The molecule has 0 spiro atoms. The number of nitrogens with zero attached hydrogens (tertiary/aromatic N) is 1. The molecular formula is C8H13NO6. The Morgan fingerprint density at radius 3 is 2.20 bits per heavy atom. The number of carbonyl (C=O) groups excluding carboxylic acids is 2. The summed E-state index contributed by atoms with van der Waals surface area (Å²) in [5.41, 5.74) is 0. The van der Waals surface area contributed by atoms with Crippen LogP contribution in [0.3, 0.4) is 0 Å². The first-order chi connectivity index (χ1) is 6.93. The molecule has 86 valence electrons. The average molecular weight is 219 g/mol. The van der Waals surface area contributed by atoms with Gasteiger partial charge in [0, 0.05) is 11.8 Å². The molecule has 15 heavy (non-hydrogen) atoms. The number of rotatable bonds is 5. The van der Waals surface area contributed by atoms with E-state index in [-0.39, 0.29) is 6.42 Å². The molecule has 0 radical (unpaired) electrons. The van der Waals surface area contributed by atoms with E-state index < -0.39 is 28.8 Å². The monoisotopic (exact) mass is 219 g/mol. The van der Waals surface area contributed by atoms with Crippen LogP contribution in [0, 0.1) is 16.0 Å². The minimum atomic E-state index is -1.18. The minimum Gasteiger partial charge on any atom is -0.469 e. The first kappa shape index (κ1) is 13.3. The van der Waals surface area contributed by atoms with Gasteiger partial charge in [-0.25, -0.2) is 0 Å². The van der Waals surface area contributed by atoms with Crippen LogP contribution >= 0.6 is 0 Å². The summed E-state index contributed by atoms with van der Waals surface area (Å²) in [5.74, 6) is -2.58. The fourth-order valence-corrected chi connectivity index (χ4v) is 1.01. The van der Waals surface area contributed by atoms with Gasteiger partial charge in [0.05, 0.1) is 20.6 Å². The molecule has 0 N–H and O–H groups in total. The number of nitro groups is 1. The Kier molecular flexibility index (Phi) is 5.29. The normalized spacial score (nSPS) is 13.8. The second-order valence-corrected chi connectivity index (χ2v) is 2.94. The maximum atomic E-state index is 11.2. The van der Waals surface area contributed by atoms with Crippen LogP contribution in [-0.2, 0) is 19.1 Å². The van der Waals surface area contributed by atoms with E-state index in [0.29, 0.717) is 0 Å². The highest BCUT2D eigenvalue weighted by Gasteiger charge is 2.36. The zero-order chi connectivity index (χ0) is 12.0. The van der Waals surface area contributed by atoms with E-state index in [1.165, 1.54) is 6.92 Å². The highest BCUT2D eigenvalue weighted by Crippen LogP contribution is 2.14. The molecule has 0 aromatic rings. The number of carbonyl (C=O) groups is 2. The Hall–Kier alpha value is -1.66. The van der Waals surface area contributed by atoms with E-state index in [0.717, 1.165) is 14.2 Å². The predicted octanol–water partition coefficient (Wildman–Crippen LogP) is 0.00390. The average Bonchev–Trinajstić information content (AvgIpc) is 2.23. The smallest absolute Gasteiger partial charge is 0.316 e. The van der Waals surface area contributed by atoms with Gasteiger partial charge < -0.3 is 9.47 Å². The van der Waals surface area contributed by atoms with Gasteiger partial charge in [-0.2, -0.15) is 0 Å². The third kappa shape index (κ3) is 3.92. The number of methoxy groups -OCH3 is 2. The van der Waals surface area contributed by atoms with Gasteiger partial charge in [0.1, 0.15) is 5.92 Å². The molecule has 0 aliphatic carbocycles. The first-order valence-corrected chi connectivity index (χ1v) is 4.22. The molecule has 0 rings (SSSR count). The van der Waals surface area contributed by atoms with Crippen molar-refractivity contribution in [3.05, 3.63) is 10.1 Å². The molecule has 0 amide bonds. The van der Waals surface area contributed by atoms with E-state index >= 15 is 0 Å². The zero-order valence-electron chi connectivity index (χ0n) is 8.76. The molecule has 0 aromatic heterocycles. The van der Waals surface area contributed by atoms with E-state index in [1.807, 2.05) is 0 Å². The Labute approximate surface area is 86.5 Å². The summed E-state index contributed by atoms with van der Waals surface area (Å²) in [6.45, 7) is 1.24. The lowest BCUT2D eigenvalue weighted by Crippen LogP contribution is -2.35. The molecule has 7 nitrogen and oxygen atoms in total. The van der Waals surface area contributed by atoms with Crippen molar-refractivity contribution < 1.29 is 24.0 Å². The second kappa shape index (κ2) is 5.94. The van der Waals surface area contributed by atoms with E-state index in [2.05, 4.69) is 9.47 Å². The van der Waals surface area contributed by atoms with Crippen molar-refractivity contribution in [1.29, 1.82) is 0 Å². The van der Waals surface area contributed by atoms with Gasteiger partial charge in [-0.15, -0.1) is 0 Å². The van der Waals surface area contributed by atoms with Crippen molar-refractivity contribution in [2.75, 3.05) is 14.2 Å². The first-order valence-electron chi connectivity index (χ1n) is 4.22. The second-order valence-electron chi connectivity index (χ2n) is 2.94. The summed E-state index contributed by atoms with van der Waals surface area (Å²) >= 11 is 0. The summed E-state index contributed by atoms with van der Waals surface area (Å²) in [4.78, 5) is 31.9. The lowest BCUT2D eigenvalue weighted by Gasteiger charge is -2.14. The molecule has 0 aliphatic rings. The third-order valence-corrected chi connectivity index (χ3v) is 2.03. The summed E-state index contributed by atoms with van der Waals surface area (Å²) < 4.78 is 8.71. The lowest BCUT2D eigenvalue weighted by atomic mass is 9.98. The van der Waals surface area contributed by atoms with Crippen molar-refractivity contribution in [2.24, 2.45) is 5.92 Å². The number of hydrogen-bond acceptors (Lipinski definition) is 6. The fraction of sp³-hybridized carbons (Fsp3) is 0.750. The van der Waals surface area contributed by atoms with Crippen LogP contribution in [0.1, 0.15) is 13.3 Å². The van der Waals surface area contributed by atoms with Crippen LogP contribution in [-0.4, -0.2) is 37.1 Å². The molecule has 2 atom stereocenters. The lowest BCUT2D eigenvalue weighted by molar-refractivity contribution is -0.525. The van der Waals surface area contributed by atoms with Crippen LogP contribution in [0.5, 0.6) is 0 Å². The number of hydrogen-bond donors (Lipinski definition) is 0. The fourth-order valence-electron chi connectivity index (χ4n) is 1.01. The molecule has 0 aromatic carbocycles. The maximum Gasteiger partial charge on any atom is 0.316 e. The van der Waals surface area contributed by atoms with E-state index in [9.17, 15) is 19.7 Å². The topological polar surface area (TPSA) is 95.7 Å². The van der Waals surface area contributed by atoms with Gasteiger partial charge >= 0.3 is 11.9 Å². The molecule has 0 heterocycles.